The summed E-state index contributed by atoms with van der Waals surface area (Å²) in [6.07, 6.45) is 8.89. The second kappa shape index (κ2) is 6.42. The van der Waals surface area contributed by atoms with E-state index in [1.54, 1.807) is 0 Å². The lowest BCUT2D eigenvalue weighted by molar-refractivity contribution is 0.831. The summed E-state index contributed by atoms with van der Waals surface area (Å²) in [7, 11) is 0. The Morgan fingerprint density at radius 2 is 2.23 bits per heavy atom. The van der Waals surface area contributed by atoms with Gasteiger partial charge in [0.15, 0.2) is 0 Å². The van der Waals surface area contributed by atoms with E-state index in [4.69, 9.17) is 0 Å². The molecule has 1 heteroatoms. The largest absolute Gasteiger partial charge is 0.345 e. The zero-order chi connectivity index (χ0) is 15.4. The molecule has 0 atom stereocenters. The molecule has 0 fully saturated rings. The van der Waals surface area contributed by atoms with Crippen LogP contribution in [0, 0.1) is 11.8 Å². The molecule has 22 heavy (non-hydrogen) atoms. The molecular weight excluding hydrogens is 266 g/mol. The molecule has 0 aromatic heterocycles. The number of fused-ring (bicyclic) bond motifs is 1. The predicted octanol–water partition coefficient (Wildman–Crippen LogP) is 4.52. The molecule has 0 N–H and O–H groups in total. The first-order valence-corrected chi connectivity index (χ1v) is 7.76. The molecule has 1 aromatic carbocycles. The maximum atomic E-state index is 4.23. The first-order chi connectivity index (χ1) is 10.8. The summed E-state index contributed by atoms with van der Waals surface area (Å²) >= 11 is 0. The SMILES string of the molecule is C=C(CCC)N1CCc2c(C#CC3=CC=C=C=C3)cccc21. The third-order valence-electron chi connectivity index (χ3n) is 3.95. The molecule has 1 nitrogen and oxygen atoms in total. The Labute approximate surface area is 132 Å². The average Bonchev–Trinajstić information content (AvgIpc) is 2.99. The fourth-order valence-electron chi connectivity index (χ4n) is 2.87. The fraction of sp³-hybridized carbons (Fsp3) is 0.238. The molecule has 1 aliphatic carbocycles. The summed E-state index contributed by atoms with van der Waals surface area (Å²) in [6.45, 7) is 7.44. The van der Waals surface area contributed by atoms with E-state index in [9.17, 15) is 0 Å². The Morgan fingerprint density at radius 1 is 1.32 bits per heavy atom. The number of hydrogen-bond donors (Lipinski definition) is 0. The van der Waals surface area contributed by atoms with Crippen molar-refractivity contribution in [2.75, 3.05) is 11.4 Å². The molecule has 0 saturated heterocycles. The average molecular weight is 285 g/mol. The van der Waals surface area contributed by atoms with Crippen LogP contribution in [0.2, 0.25) is 0 Å². The van der Waals surface area contributed by atoms with Gasteiger partial charge >= 0.3 is 0 Å². The van der Waals surface area contributed by atoms with E-state index < -0.39 is 0 Å². The van der Waals surface area contributed by atoms with E-state index in [0.717, 1.165) is 36.9 Å². The highest BCUT2D eigenvalue weighted by molar-refractivity contribution is 5.67. The minimum absolute atomic E-state index is 0.974. The highest BCUT2D eigenvalue weighted by Gasteiger charge is 2.22. The Morgan fingerprint density at radius 3 is 3.00 bits per heavy atom. The lowest BCUT2D eigenvalue weighted by Crippen LogP contribution is -2.18. The molecule has 0 radical (unpaired) electrons. The van der Waals surface area contributed by atoms with Crippen molar-refractivity contribution in [2.45, 2.75) is 26.2 Å². The van der Waals surface area contributed by atoms with E-state index in [0.29, 0.717) is 0 Å². The Kier molecular flexibility index (Phi) is 4.17. The molecule has 1 heterocycles. The Bertz CT molecular complexity index is 798. The van der Waals surface area contributed by atoms with E-state index in [1.165, 1.54) is 16.9 Å². The lowest BCUT2D eigenvalue weighted by Gasteiger charge is -2.21. The summed E-state index contributed by atoms with van der Waals surface area (Å²) in [5, 5.41) is 0. The number of benzene rings is 1. The number of hydrogen-bond acceptors (Lipinski definition) is 1. The van der Waals surface area contributed by atoms with Crippen molar-refractivity contribution in [2.24, 2.45) is 0 Å². The fourth-order valence-corrected chi connectivity index (χ4v) is 2.87. The summed E-state index contributed by atoms with van der Waals surface area (Å²) in [6, 6.07) is 6.38. The molecule has 0 amide bonds. The van der Waals surface area contributed by atoms with Gasteiger partial charge in [-0.05, 0) is 42.7 Å². The predicted molar refractivity (Wildman–Crippen MR) is 92.7 cm³/mol. The van der Waals surface area contributed by atoms with Gasteiger partial charge in [0.1, 0.15) is 0 Å². The summed E-state index contributed by atoms with van der Waals surface area (Å²) < 4.78 is 0. The highest BCUT2D eigenvalue weighted by Crippen LogP contribution is 2.33. The van der Waals surface area contributed by atoms with Crippen LogP contribution in [0.25, 0.3) is 0 Å². The van der Waals surface area contributed by atoms with Crippen LogP contribution in [0.3, 0.4) is 0 Å². The van der Waals surface area contributed by atoms with Crippen LogP contribution in [0.5, 0.6) is 0 Å². The zero-order valence-electron chi connectivity index (χ0n) is 12.9. The van der Waals surface area contributed by atoms with E-state index in [-0.39, 0.29) is 0 Å². The maximum absolute atomic E-state index is 4.23. The Balaban J connectivity index is 1.89. The van der Waals surface area contributed by atoms with Gasteiger partial charge in [0, 0.05) is 35.1 Å². The van der Waals surface area contributed by atoms with Crippen LogP contribution in [-0.4, -0.2) is 6.54 Å². The van der Waals surface area contributed by atoms with Crippen LogP contribution < -0.4 is 4.90 Å². The van der Waals surface area contributed by atoms with Crippen molar-refractivity contribution in [1.29, 1.82) is 0 Å². The van der Waals surface area contributed by atoms with Crippen molar-refractivity contribution < 1.29 is 0 Å². The normalized spacial score (nSPS) is 14.4. The summed E-state index contributed by atoms with van der Waals surface area (Å²) in [5.41, 5.74) is 11.8. The van der Waals surface area contributed by atoms with Gasteiger partial charge in [0.2, 0.25) is 0 Å². The third kappa shape index (κ3) is 2.85. The van der Waals surface area contributed by atoms with E-state index in [2.05, 4.69) is 59.9 Å². The van der Waals surface area contributed by atoms with Crippen molar-refractivity contribution in [1.82, 2.24) is 0 Å². The van der Waals surface area contributed by atoms with Crippen LogP contribution in [0.1, 0.15) is 30.9 Å². The third-order valence-corrected chi connectivity index (χ3v) is 3.95. The second-order valence-electron chi connectivity index (χ2n) is 5.49. The molecule has 3 rings (SSSR count). The first-order valence-electron chi connectivity index (χ1n) is 7.76. The number of anilines is 1. The maximum Gasteiger partial charge on any atom is 0.0453 e. The molecule has 2 aliphatic rings. The summed E-state index contributed by atoms with van der Waals surface area (Å²) in [4.78, 5) is 2.34. The summed E-state index contributed by atoms with van der Waals surface area (Å²) in [5.74, 6) is 6.53. The minimum atomic E-state index is 0.974. The van der Waals surface area contributed by atoms with Crippen molar-refractivity contribution in [3.8, 4) is 11.8 Å². The standard InChI is InChI=1S/C21H19N/c1-3-8-17(2)22-16-15-20-19(11-7-12-21(20)22)14-13-18-9-5-4-6-10-18/h5,7,9-12H,2-3,8,15-16H2,1H3. The van der Waals surface area contributed by atoms with E-state index in [1.807, 2.05) is 18.2 Å². The van der Waals surface area contributed by atoms with Gasteiger partial charge in [0.05, 0.1) is 0 Å². The highest BCUT2D eigenvalue weighted by atomic mass is 15.2. The molecule has 108 valence electrons. The van der Waals surface area contributed by atoms with Crippen LogP contribution in [0.15, 0.2) is 65.7 Å². The van der Waals surface area contributed by atoms with Gasteiger partial charge in [-0.1, -0.05) is 49.3 Å². The van der Waals surface area contributed by atoms with Crippen molar-refractivity contribution in [3.63, 3.8) is 0 Å². The van der Waals surface area contributed by atoms with Crippen molar-refractivity contribution in [3.05, 3.63) is 76.9 Å². The van der Waals surface area contributed by atoms with Gasteiger partial charge in [-0.2, -0.15) is 0 Å². The number of rotatable bonds is 3. The van der Waals surface area contributed by atoms with Crippen molar-refractivity contribution >= 4 is 5.69 Å². The topological polar surface area (TPSA) is 3.24 Å². The smallest absolute Gasteiger partial charge is 0.0453 e. The number of nitrogens with zero attached hydrogens (tertiary/aromatic N) is 1. The van der Waals surface area contributed by atoms with Crippen LogP contribution >= 0.6 is 0 Å². The molecule has 0 saturated carbocycles. The minimum Gasteiger partial charge on any atom is -0.345 e. The molecule has 0 unspecified atom stereocenters. The lowest BCUT2D eigenvalue weighted by atomic mass is 10.0. The molecule has 0 bridgehead atoms. The monoisotopic (exact) mass is 285 g/mol. The van der Waals surface area contributed by atoms with Gasteiger partial charge < -0.3 is 4.90 Å². The quantitative estimate of drug-likeness (QED) is 0.583. The zero-order valence-corrected chi connectivity index (χ0v) is 12.9. The molecule has 0 spiro atoms. The first kappa shape index (κ1) is 14.3. The van der Waals surface area contributed by atoms with Gasteiger partial charge in [0.25, 0.3) is 0 Å². The van der Waals surface area contributed by atoms with Gasteiger partial charge in [-0.25, -0.2) is 0 Å². The van der Waals surface area contributed by atoms with Gasteiger partial charge in [-0.15, -0.1) is 0 Å². The van der Waals surface area contributed by atoms with Crippen LogP contribution in [-0.2, 0) is 6.42 Å². The molecule has 1 aromatic rings. The van der Waals surface area contributed by atoms with Crippen LogP contribution in [0.4, 0.5) is 5.69 Å². The van der Waals surface area contributed by atoms with E-state index >= 15 is 0 Å². The van der Waals surface area contributed by atoms with Gasteiger partial charge in [-0.3, -0.25) is 0 Å². The Hall–Kier alpha value is -2.64. The molecule has 1 aliphatic heterocycles. The second-order valence-corrected chi connectivity index (χ2v) is 5.49. The number of allylic oxidation sites excluding steroid dienone is 5. The molecular formula is C21H19N.